The van der Waals surface area contributed by atoms with Crippen LogP contribution in [-0.4, -0.2) is 35.4 Å². The average Bonchev–Trinajstić information content (AvgIpc) is 3.05. The first kappa shape index (κ1) is 19.0. The highest BCUT2D eigenvalue weighted by Gasteiger charge is 2.31. The number of benzene rings is 1. The van der Waals surface area contributed by atoms with E-state index in [1.807, 2.05) is 0 Å². The molecule has 1 aromatic heterocycles. The van der Waals surface area contributed by atoms with Crippen LogP contribution in [0.2, 0.25) is 5.02 Å². The molecule has 1 aliphatic heterocycles. The number of amides is 2. The summed E-state index contributed by atoms with van der Waals surface area (Å²) in [7, 11) is 0. The van der Waals surface area contributed by atoms with Gasteiger partial charge in [0.25, 0.3) is 5.56 Å². The van der Waals surface area contributed by atoms with E-state index in [0.29, 0.717) is 25.2 Å². The van der Waals surface area contributed by atoms with E-state index in [1.165, 1.54) is 18.3 Å². The average molecular weight is 402 g/mol. The molecule has 144 valence electrons. The number of carbonyl (C=O) groups excluding carboxylic acids is 1. The maximum atomic E-state index is 12.7. The van der Waals surface area contributed by atoms with Gasteiger partial charge in [0.1, 0.15) is 5.02 Å². The summed E-state index contributed by atoms with van der Waals surface area (Å²) in [5.74, 6) is 0. The van der Waals surface area contributed by atoms with E-state index in [-0.39, 0.29) is 16.8 Å². The quantitative estimate of drug-likeness (QED) is 0.737. The standard InChI is InChI=1S/C16H15ClF3N5O2/c17-13-12(7-21-24-14(13)26)25-5-4-11(8-25)23-15(27)22-10-3-1-2-9(6-10)16(18,19)20/h1-3,6-7,11H,4-5,8H2,(H,24,26)(H2,22,23,27). The van der Waals surface area contributed by atoms with Crippen molar-refractivity contribution in [3.05, 3.63) is 51.4 Å². The largest absolute Gasteiger partial charge is 0.416 e. The fourth-order valence-corrected chi connectivity index (χ4v) is 3.03. The highest BCUT2D eigenvalue weighted by atomic mass is 35.5. The topological polar surface area (TPSA) is 90.1 Å². The van der Waals surface area contributed by atoms with Gasteiger partial charge in [0, 0.05) is 24.8 Å². The molecule has 0 saturated carbocycles. The van der Waals surface area contributed by atoms with Gasteiger partial charge in [-0.15, -0.1) is 0 Å². The number of rotatable bonds is 3. The number of aromatic nitrogens is 2. The van der Waals surface area contributed by atoms with Crippen LogP contribution in [0.3, 0.4) is 0 Å². The summed E-state index contributed by atoms with van der Waals surface area (Å²) in [5, 5.41) is 11.0. The number of hydrogen-bond donors (Lipinski definition) is 3. The number of urea groups is 1. The lowest BCUT2D eigenvalue weighted by atomic mass is 10.2. The third-order valence-electron chi connectivity index (χ3n) is 4.09. The summed E-state index contributed by atoms with van der Waals surface area (Å²) in [6, 6.07) is 3.51. The van der Waals surface area contributed by atoms with Gasteiger partial charge >= 0.3 is 12.2 Å². The predicted molar refractivity (Wildman–Crippen MR) is 94.1 cm³/mol. The fraction of sp³-hybridized carbons (Fsp3) is 0.312. The van der Waals surface area contributed by atoms with Crippen LogP contribution in [0.1, 0.15) is 12.0 Å². The zero-order valence-corrected chi connectivity index (χ0v) is 14.6. The molecule has 0 radical (unpaired) electrons. The van der Waals surface area contributed by atoms with Gasteiger partial charge < -0.3 is 15.5 Å². The first-order chi connectivity index (χ1) is 12.7. The maximum Gasteiger partial charge on any atom is 0.416 e. The van der Waals surface area contributed by atoms with Gasteiger partial charge in [-0.3, -0.25) is 4.79 Å². The van der Waals surface area contributed by atoms with Crippen molar-refractivity contribution in [2.24, 2.45) is 0 Å². The Bertz CT molecular complexity index is 902. The molecule has 2 heterocycles. The van der Waals surface area contributed by atoms with Crippen molar-refractivity contribution in [1.29, 1.82) is 0 Å². The van der Waals surface area contributed by atoms with Gasteiger partial charge in [-0.25, -0.2) is 9.89 Å². The normalized spacial score (nSPS) is 17.0. The van der Waals surface area contributed by atoms with Gasteiger partial charge in [0.15, 0.2) is 0 Å². The molecule has 1 aliphatic rings. The molecule has 27 heavy (non-hydrogen) atoms. The summed E-state index contributed by atoms with van der Waals surface area (Å²) in [6.07, 6.45) is -2.48. The highest BCUT2D eigenvalue weighted by molar-refractivity contribution is 6.33. The van der Waals surface area contributed by atoms with E-state index in [9.17, 15) is 22.8 Å². The third kappa shape index (κ3) is 4.51. The number of nitrogens with one attached hydrogen (secondary N) is 3. The van der Waals surface area contributed by atoms with Crippen LogP contribution < -0.4 is 21.1 Å². The minimum atomic E-state index is -4.49. The summed E-state index contributed by atoms with van der Waals surface area (Å²) in [4.78, 5) is 25.4. The molecule has 2 aromatic rings. The molecular weight excluding hydrogens is 387 g/mol. The molecule has 0 bridgehead atoms. The number of nitrogens with zero attached hydrogens (tertiary/aromatic N) is 2. The lowest BCUT2D eigenvalue weighted by molar-refractivity contribution is -0.137. The Hall–Kier alpha value is -2.75. The predicted octanol–water partition coefficient (Wildman–Crippen LogP) is 2.84. The molecule has 7 nitrogen and oxygen atoms in total. The fourth-order valence-electron chi connectivity index (χ4n) is 2.82. The molecule has 0 spiro atoms. The molecule has 0 aliphatic carbocycles. The van der Waals surface area contributed by atoms with Crippen LogP contribution in [0.4, 0.5) is 29.3 Å². The van der Waals surface area contributed by atoms with Crippen molar-refractivity contribution in [2.45, 2.75) is 18.6 Å². The SMILES string of the molecule is O=C(Nc1cccc(C(F)(F)F)c1)NC1CCN(c2cn[nH]c(=O)c2Cl)C1. The van der Waals surface area contributed by atoms with E-state index in [1.54, 1.807) is 4.90 Å². The van der Waals surface area contributed by atoms with Gasteiger partial charge in [-0.2, -0.15) is 18.3 Å². The highest BCUT2D eigenvalue weighted by Crippen LogP contribution is 2.30. The second-order valence-corrected chi connectivity index (χ2v) is 6.38. The second kappa shape index (κ2) is 7.47. The molecule has 2 amide bonds. The van der Waals surface area contributed by atoms with Crippen LogP contribution in [0.25, 0.3) is 0 Å². The monoisotopic (exact) mass is 401 g/mol. The van der Waals surface area contributed by atoms with E-state index >= 15 is 0 Å². The lowest BCUT2D eigenvalue weighted by Crippen LogP contribution is -2.39. The number of hydrogen-bond acceptors (Lipinski definition) is 4. The van der Waals surface area contributed by atoms with E-state index in [0.717, 1.165) is 12.1 Å². The van der Waals surface area contributed by atoms with Crippen molar-refractivity contribution < 1.29 is 18.0 Å². The summed E-state index contributed by atoms with van der Waals surface area (Å²) >= 11 is 5.97. The molecule has 11 heteroatoms. The maximum absolute atomic E-state index is 12.7. The Morgan fingerprint density at radius 2 is 2.15 bits per heavy atom. The zero-order chi connectivity index (χ0) is 19.6. The molecule has 1 fully saturated rings. The smallest absolute Gasteiger partial charge is 0.367 e. The van der Waals surface area contributed by atoms with Crippen molar-refractivity contribution in [2.75, 3.05) is 23.3 Å². The molecule has 1 saturated heterocycles. The van der Waals surface area contributed by atoms with Crippen LogP contribution in [-0.2, 0) is 6.18 Å². The number of anilines is 2. The molecule has 3 N–H and O–H groups in total. The van der Waals surface area contributed by atoms with E-state index in [4.69, 9.17) is 11.6 Å². The Balaban J connectivity index is 1.60. The van der Waals surface area contributed by atoms with E-state index in [2.05, 4.69) is 20.8 Å². The van der Waals surface area contributed by atoms with Crippen molar-refractivity contribution in [1.82, 2.24) is 15.5 Å². The van der Waals surface area contributed by atoms with Crippen LogP contribution in [0.15, 0.2) is 35.3 Å². The molecule has 1 atom stereocenters. The summed E-state index contributed by atoms with van der Waals surface area (Å²) < 4.78 is 38.2. The Morgan fingerprint density at radius 3 is 2.89 bits per heavy atom. The molecule has 1 unspecified atom stereocenters. The minimum absolute atomic E-state index is 0.0130. The van der Waals surface area contributed by atoms with Crippen LogP contribution in [0.5, 0.6) is 0 Å². The Morgan fingerprint density at radius 1 is 1.37 bits per heavy atom. The summed E-state index contributed by atoms with van der Waals surface area (Å²) in [6.45, 7) is 0.931. The number of halogens is 4. The molecular formula is C16H15ClF3N5O2. The van der Waals surface area contributed by atoms with Gasteiger partial charge in [-0.1, -0.05) is 17.7 Å². The Labute approximate surface area is 156 Å². The van der Waals surface area contributed by atoms with E-state index < -0.39 is 23.3 Å². The number of aromatic amines is 1. The van der Waals surface area contributed by atoms with Gasteiger partial charge in [0.05, 0.1) is 17.4 Å². The lowest BCUT2D eigenvalue weighted by Gasteiger charge is -2.19. The number of H-pyrrole nitrogens is 1. The number of carbonyl (C=O) groups is 1. The zero-order valence-electron chi connectivity index (χ0n) is 13.8. The second-order valence-electron chi connectivity index (χ2n) is 6.01. The number of alkyl halides is 3. The van der Waals surface area contributed by atoms with Crippen LogP contribution >= 0.6 is 11.6 Å². The summed E-state index contributed by atoms with van der Waals surface area (Å²) in [5.41, 5.74) is -0.848. The molecule has 3 rings (SSSR count). The van der Waals surface area contributed by atoms with Crippen molar-refractivity contribution in [3.63, 3.8) is 0 Å². The first-order valence-corrected chi connectivity index (χ1v) is 8.35. The molecule has 1 aromatic carbocycles. The first-order valence-electron chi connectivity index (χ1n) is 7.97. The third-order valence-corrected chi connectivity index (χ3v) is 4.45. The Kier molecular flexibility index (Phi) is 5.26. The van der Waals surface area contributed by atoms with Crippen LogP contribution in [0, 0.1) is 0 Å². The van der Waals surface area contributed by atoms with Crippen molar-refractivity contribution >= 4 is 29.0 Å². The van der Waals surface area contributed by atoms with Gasteiger partial charge in [-0.05, 0) is 24.6 Å². The van der Waals surface area contributed by atoms with Gasteiger partial charge in [0.2, 0.25) is 0 Å². The minimum Gasteiger partial charge on any atom is -0.367 e. The van der Waals surface area contributed by atoms with Crippen molar-refractivity contribution in [3.8, 4) is 0 Å².